The molecule has 1 saturated heterocycles. The van der Waals surface area contributed by atoms with E-state index in [9.17, 15) is 19.5 Å². The summed E-state index contributed by atoms with van der Waals surface area (Å²) < 4.78 is 22.0. The van der Waals surface area contributed by atoms with Crippen LogP contribution in [0.3, 0.4) is 0 Å². The van der Waals surface area contributed by atoms with Gasteiger partial charge >= 0.3 is 11.9 Å². The van der Waals surface area contributed by atoms with E-state index in [2.05, 4.69) is 11.6 Å². The lowest BCUT2D eigenvalue weighted by atomic mass is 9.93. The molecule has 0 radical (unpaired) electrons. The number of nitrogens with zero attached hydrogens (tertiary/aromatic N) is 2. The monoisotopic (exact) mass is 640 g/mol. The lowest BCUT2D eigenvalue weighted by Crippen LogP contribution is -2.29. The maximum absolute atomic E-state index is 13.8. The Bertz CT molecular complexity index is 1850. The van der Waals surface area contributed by atoms with Crippen LogP contribution in [0.4, 0.5) is 5.13 Å². The van der Waals surface area contributed by atoms with Crippen molar-refractivity contribution in [2.45, 2.75) is 26.5 Å². The van der Waals surface area contributed by atoms with Gasteiger partial charge in [0.05, 0.1) is 31.5 Å². The van der Waals surface area contributed by atoms with Crippen molar-refractivity contribution in [2.75, 3.05) is 25.7 Å². The van der Waals surface area contributed by atoms with Crippen LogP contribution in [0.25, 0.3) is 5.76 Å². The summed E-state index contributed by atoms with van der Waals surface area (Å²) in [5, 5.41) is 11.8. The lowest BCUT2D eigenvalue weighted by Gasteiger charge is -2.24. The summed E-state index contributed by atoms with van der Waals surface area (Å²) in [7, 11) is 2.96. The summed E-state index contributed by atoms with van der Waals surface area (Å²) in [5.41, 5.74) is 2.59. The first-order valence-electron chi connectivity index (χ1n) is 14.2. The SMILES string of the molecule is C=CCOC(=O)c1sc(N2C(=O)C(=O)/C(=C(\O)c3ccc(OCc4ccccc4)cc3C)C2c2ccc(OC)c(OC)c2)nc1C. The van der Waals surface area contributed by atoms with E-state index < -0.39 is 23.7 Å². The number of methoxy groups -OCH3 is 2. The number of ether oxygens (including phenoxy) is 4. The third-order valence-corrected chi connectivity index (χ3v) is 8.51. The predicted molar refractivity (Wildman–Crippen MR) is 174 cm³/mol. The summed E-state index contributed by atoms with van der Waals surface area (Å²) in [6, 6.07) is 18.6. The first-order chi connectivity index (χ1) is 22.2. The maximum Gasteiger partial charge on any atom is 0.350 e. The molecule has 46 heavy (non-hydrogen) atoms. The van der Waals surface area contributed by atoms with Gasteiger partial charge in [-0.2, -0.15) is 0 Å². The molecule has 236 valence electrons. The minimum Gasteiger partial charge on any atom is -0.507 e. The zero-order valence-electron chi connectivity index (χ0n) is 25.7. The van der Waals surface area contributed by atoms with Crippen LogP contribution < -0.4 is 19.1 Å². The molecule has 0 bridgehead atoms. The normalized spacial score (nSPS) is 15.5. The van der Waals surface area contributed by atoms with Crippen molar-refractivity contribution >= 4 is 39.9 Å². The van der Waals surface area contributed by atoms with Crippen LogP contribution >= 0.6 is 11.3 Å². The minimum atomic E-state index is -1.11. The summed E-state index contributed by atoms with van der Waals surface area (Å²) in [6.07, 6.45) is 1.44. The van der Waals surface area contributed by atoms with E-state index in [0.717, 1.165) is 16.9 Å². The minimum absolute atomic E-state index is 0.00288. The number of carbonyl (C=O) groups excluding carboxylic acids is 3. The molecule has 0 aliphatic carbocycles. The summed E-state index contributed by atoms with van der Waals surface area (Å²) in [4.78, 5) is 46.0. The van der Waals surface area contributed by atoms with Gasteiger partial charge in [-0.25, -0.2) is 9.78 Å². The fourth-order valence-electron chi connectivity index (χ4n) is 5.12. The lowest BCUT2D eigenvalue weighted by molar-refractivity contribution is -0.132. The van der Waals surface area contributed by atoms with Gasteiger partial charge in [0.15, 0.2) is 16.6 Å². The van der Waals surface area contributed by atoms with Crippen molar-refractivity contribution in [3.8, 4) is 17.2 Å². The molecule has 5 rings (SSSR count). The van der Waals surface area contributed by atoms with Crippen LogP contribution in [-0.4, -0.2) is 48.6 Å². The Kier molecular flexibility index (Phi) is 9.53. The van der Waals surface area contributed by atoms with Gasteiger partial charge in [0.2, 0.25) is 0 Å². The molecule has 0 saturated carbocycles. The van der Waals surface area contributed by atoms with Crippen LogP contribution in [0.2, 0.25) is 0 Å². The molecule has 1 atom stereocenters. The van der Waals surface area contributed by atoms with Gasteiger partial charge in [0.1, 0.15) is 29.6 Å². The molecule has 1 aliphatic rings. The smallest absolute Gasteiger partial charge is 0.350 e. The highest BCUT2D eigenvalue weighted by molar-refractivity contribution is 7.17. The molecular formula is C35H32N2O8S. The Balaban J connectivity index is 1.60. The van der Waals surface area contributed by atoms with Gasteiger partial charge in [-0.15, -0.1) is 0 Å². The summed E-state index contributed by atoms with van der Waals surface area (Å²) in [5.74, 6) is -1.47. The molecule has 1 amide bonds. The molecule has 1 aromatic heterocycles. The third kappa shape index (κ3) is 6.22. The molecule has 1 unspecified atom stereocenters. The number of amides is 1. The van der Waals surface area contributed by atoms with Crippen molar-refractivity contribution in [2.24, 2.45) is 0 Å². The van der Waals surface area contributed by atoms with Crippen LogP contribution in [-0.2, 0) is 20.9 Å². The number of aromatic nitrogens is 1. The molecule has 4 aromatic rings. The first kappa shape index (κ1) is 32.0. The molecule has 10 nitrogen and oxygen atoms in total. The standard InChI is InChI=1S/C35H32N2O8S/c1-6-16-44-34(41)32-21(3)36-35(46-32)37-29(23-12-15-26(42-4)27(18-23)43-5)28(31(39)33(37)40)30(38)25-14-13-24(17-20(25)2)45-19-22-10-8-7-9-11-22/h6-15,17-18,29,38H,1,16,19H2,2-5H3/b30-28-. The van der Waals surface area contributed by atoms with E-state index in [-0.39, 0.29) is 27.9 Å². The van der Waals surface area contributed by atoms with Crippen molar-refractivity contribution in [1.29, 1.82) is 0 Å². The van der Waals surface area contributed by atoms with Gasteiger partial charge in [0.25, 0.3) is 5.78 Å². The number of anilines is 1. The number of ketones is 1. The van der Waals surface area contributed by atoms with Gasteiger partial charge in [-0.1, -0.05) is 60.4 Å². The molecule has 1 aliphatic heterocycles. The van der Waals surface area contributed by atoms with Crippen molar-refractivity contribution in [1.82, 2.24) is 4.98 Å². The van der Waals surface area contributed by atoms with E-state index in [1.54, 1.807) is 50.2 Å². The second kappa shape index (κ2) is 13.7. The van der Waals surface area contributed by atoms with Gasteiger partial charge in [0, 0.05) is 5.56 Å². The second-order valence-corrected chi connectivity index (χ2v) is 11.3. The van der Waals surface area contributed by atoms with E-state index in [4.69, 9.17) is 18.9 Å². The molecule has 1 fully saturated rings. The Morgan fingerprint density at radius 3 is 2.43 bits per heavy atom. The number of thiazole rings is 1. The van der Waals surface area contributed by atoms with Crippen LogP contribution in [0, 0.1) is 13.8 Å². The molecule has 2 heterocycles. The number of carbonyl (C=O) groups is 3. The number of rotatable bonds is 11. The van der Waals surface area contributed by atoms with Crippen molar-refractivity contribution < 1.29 is 38.4 Å². The molecule has 3 aromatic carbocycles. The Morgan fingerprint density at radius 1 is 1.02 bits per heavy atom. The highest BCUT2D eigenvalue weighted by atomic mass is 32.1. The largest absolute Gasteiger partial charge is 0.507 e. The van der Waals surface area contributed by atoms with Gasteiger partial charge in [-0.3, -0.25) is 14.5 Å². The third-order valence-electron chi connectivity index (χ3n) is 7.38. The topological polar surface area (TPSA) is 124 Å². The summed E-state index contributed by atoms with van der Waals surface area (Å²) in [6.45, 7) is 7.29. The molecular weight excluding hydrogens is 608 g/mol. The number of aliphatic hydroxyl groups excluding tert-OH is 1. The number of aryl methyl sites for hydroxylation is 2. The van der Waals surface area contributed by atoms with E-state index in [1.165, 1.54) is 25.2 Å². The maximum atomic E-state index is 13.8. The van der Waals surface area contributed by atoms with Crippen LogP contribution in [0.1, 0.15) is 43.7 Å². The average molecular weight is 641 g/mol. The number of aliphatic hydroxyl groups is 1. The van der Waals surface area contributed by atoms with E-state index in [0.29, 0.717) is 46.2 Å². The summed E-state index contributed by atoms with van der Waals surface area (Å²) >= 11 is 0.912. The fraction of sp³-hybridized carbons (Fsp3) is 0.200. The Hall–Kier alpha value is -5.42. The molecule has 0 spiro atoms. The number of hydrogen-bond donors (Lipinski definition) is 1. The fourth-order valence-corrected chi connectivity index (χ4v) is 6.11. The van der Waals surface area contributed by atoms with Crippen molar-refractivity contribution in [3.63, 3.8) is 0 Å². The Morgan fingerprint density at radius 2 is 1.76 bits per heavy atom. The van der Waals surface area contributed by atoms with Crippen LogP contribution in [0.5, 0.6) is 17.2 Å². The number of Topliss-reactive ketones (excluding diaryl/α,β-unsaturated/α-hetero) is 1. The van der Waals surface area contributed by atoms with E-state index >= 15 is 0 Å². The second-order valence-electron chi connectivity index (χ2n) is 10.3. The molecule has 11 heteroatoms. The van der Waals surface area contributed by atoms with Crippen LogP contribution in [0.15, 0.2) is 85.0 Å². The molecule has 1 N–H and O–H groups in total. The number of hydrogen-bond acceptors (Lipinski definition) is 10. The van der Waals surface area contributed by atoms with Gasteiger partial charge in [-0.05, 0) is 60.9 Å². The highest BCUT2D eigenvalue weighted by Gasteiger charge is 2.49. The number of benzene rings is 3. The van der Waals surface area contributed by atoms with Crippen molar-refractivity contribution in [3.05, 3.63) is 118 Å². The first-order valence-corrected chi connectivity index (χ1v) is 15.1. The predicted octanol–water partition coefficient (Wildman–Crippen LogP) is 6.33. The zero-order valence-corrected chi connectivity index (χ0v) is 26.6. The van der Waals surface area contributed by atoms with Gasteiger partial charge < -0.3 is 24.1 Å². The number of esters is 1. The zero-order chi connectivity index (χ0) is 33.0. The quantitative estimate of drug-likeness (QED) is 0.0659. The average Bonchev–Trinajstić information content (AvgIpc) is 3.58. The Labute approximate surface area is 270 Å². The highest BCUT2D eigenvalue weighted by Crippen LogP contribution is 2.46. The van der Waals surface area contributed by atoms with E-state index in [1.807, 2.05) is 30.3 Å².